The number of hydrogen-bond acceptors (Lipinski definition) is 4. The number of methoxy groups -OCH3 is 1. The first-order chi connectivity index (χ1) is 13.3. The summed E-state index contributed by atoms with van der Waals surface area (Å²) in [6, 6.07) is 15.6. The summed E-state index contributed by atoms with van der Waals surface area (Å²) in [7, 11) is 1.67. The van der Waals surface area contributed by atoms with Gasteiger partial charge in [-0.25, -0.2) is 4.98 Å². The average molecular weight is 362 g/mol. The third-order valence-corrected chi connectivity index (χ3v) is 5.06. The minimum absolute atomic E-state index is 0.0617. The number of piperidine rings is 1. The molecule has 0 saturated carbocycles. The van der Waals surface area contributed by atoms with Crippen LogP contribution in [0.1, 0.15) is 41.2 Å². The minimum atomic E-state index is 0.0617. The number of aromatic nitrogens is 3. The molecule has 0 bridgehead atoms. The maximum atomic E-state index is 13.2. The van der Waals surface area contributed by atoms with E-state index >= 15 is 0 Å². The van der Waals surface area contributed by atoms with Crippen molar-refractivity contribution in [2.24, 2.45) is 0 Å². The Labute approximate surface area is 158 Å². The van der Waals surface area contributed by atoms with E-state index in [0.29, 0.717) is 11.4 Å². The van der Waals surface area contributed by atoms with Gasteiger partial charge in [-0.15, -0.1) is 0 Å². The van der Waals surface area contributed by atoms with Crippen LogP contribution in [-0.2, 0) is 0 Å². The molecule has 1 aromatic heterocycles. The largest absolute Gasteiger partial charge is 0.497 e. The second-order valence-corrected chi connectivity index (χ2v) is 6.70. The third-order valence-electron chi connectivity index (χ3n) is 5.06. The SMILES string of the molecule is COc1cccc(C2CCCCN2C(=O)c2ccc(-c3ncn[nH]3)cc2)c1. The van der Waals surface area contributed by atoms with Crippen molar-refractivity contribution in [2.45, 2.75) is 25.3 Å². The normalized spacial score (nSPS) is 16.9. The van der Waals surface area contributed by atoms with Crippen LogP contribution in [0, 0.1) is 0 Å². The Balaban J connectivity index is 1.58. The number of aromatic amines is 1. The number of hydrogen-bond donors (Lipinski definition) is 1. The predicted octanol–water partition coefficient (Wildman–Crippen LogP) is 3.85. The number of ether oxygens (including phenoxy) is 1. The van der Waals surface area contributed by atoms with Gasteiger partial charge in [0.25, 0.3) is 5.91 Å². The molecular weight excluding hydrogens is 340 g/mol. The first kappa shape index (κ1) is 17.3. The van der Waals surface area contributed by atoms with Crippen molar-refractivity contribution < 1.29 is 9.53 Å². The van der Waals surface area contributed by atoms with Crippen molar-refractivity contribution in [1.82, 2.24) is 20.1 Å². The summed E-state index contributed by atoms with van der Waals surface area (Å²) >= 11 is 0. The van der Waals surface area contributed by atoms with Crippen molar-refractivity contribution in [1.29, 1.82) is 0 Å². The predicted molar refractivity (Wildman–Crippen MR) is 102 cm³/mol. The van der Waals surface area contributed by atoms with Gasteiger partial charge in [-0.2, -0.15) is 5.10 Å². The highest BCUT2D eigenvalue weighted by atomic mass is 16.5. The second kappa shape index (κ2) is 7.61. The fourth-order valence-corrected chi connectivity index (χ4v) is 3.65. The number of amides is 1. The van der Waals surface area contributed by atoms with E-state index < -0.39 is 0 Å². The van der Waals surface area contributed by atoms with Crippen molar-refractivity contribution in [3.63, 3.8) is 0 Å². The zero-order chi connectivity index (χ0) is 18.6. The molecule has 1 atom stereocenters. The zero-order valence-electron chi connectivity index (χ0n) is 15.3. The molecule has 6 nitrogen and oxygen atoms in total. The highest BCUT2D eigenvalue weighted by molar-refractivity contribution is 5.95. The molecule has 0 spiro atoms. The number of likely N-dealkylation sites (tertiary alicyclic amines) is 1. The van der Waals surface area contributed by atoms with Crippen LogP contribution in [0.15, 0.2) is 54.9 Å². The molecule has 1 aliphatic rings. The lowest BCUT2D eigenvalue weighted by Crippen LogP contribution is -2.38. The molecular formula is C21H22N4O2. The van der Waals surface area contributed by atoms with E-state index in [2.05, 4.69) is 21.2 Å². The van der Waals surface area contributed by atoms with E-state index in [1.807, 2.05) is 47.4 Å². The smallest absolute Gasteiger partial charge is 0.254 e. The van der Waals surface area contributed by atoms with Gasteiger partial charge in [0.2, 0.25) is 0 Å². The maximum Gasteiger partial charge on any atom is 0.254 e. The van der Waals surface area contributed by atoms with Crippen LogP contribution in [0.3, 0.4) is 0 Å². The molecule has 27 heavy (non-hydrogen) atoms. The maximum absolute atomic E-state index is 13.2. The molecule has 0 radical (unpaired) electrons. The fourth-order valence-electron chi connectivity index (χ4n) is 3.65. The lowest BCUT2D eigenvalue weighted by atomic mass is 9.94. The molecule has 1 amide bonds. The molecule has 2 heterocycles. The summed E-state index contributed by atoms with van der Waals surface area (Å²) in [4.78, 5) is 19.3. The number of carbonyl (C=O) groups excluding carboxylic acids is 1. The molecule has 1 N–H and O–H groups in total. The van der Waals surface area contributed by atoms with E-state index in [0.717, 1.165) is 42.7 Å². The summed E-state index contributed by atoms with van der Waals surface area (Å²) in [5.41, 5.74) is 2.72. The van der Waals surface area contributed by atoms with E-state index in [1.54, 1.807) is 7.11 Å². The van der Waals surface area contributed by atoms with Gasteiger partial charge >= 0.3 is 0 Å². The van der Waals surface area contributed by atoms with Crippen molar-refractivity contribution >= 4 is 5.91 Å². The topological polar surface area (TPSA) is 71.1 Å². The summed E-state index contributed by atoms with van der Waals surface area (Å²) in [6.45, 7) is 0.768. The van der Waals surface area contributed by atoms with Gasteiger partial charge in [-0.1, -0.05) is 24.3 Å². The molecule has 6 heteroatoms. The zero-order valence-corrected chi connectivity index (χ0v) is 15.3. The number of nitrogens with one attached hydrogen (secondary N) is 1. The van der Waals surface area contributed by atoms with Crippen molar-refractivity contribution in [2.75, 3.05) is 13.7 Å². The molecule has 1 unspecified atom stereocenters. The Morgan fingerprint density at radius 1 is 1.19 bits per heavy atom. The van der Waals surface area contributed by atoms with E-state index in [1.165, 1.54) is 6.33 Å². The quantitative estimate of drug-likeness (QED) is 0.765. The third kappa shape index (κ3) is 3.56. The van der Waals surface area contributed by atoms with Gasteiger partial charge in [0.05, 0.1) is 13.2 Å². The first-order valence-electron chi connectivity index (χ1n) is 9.17. The monoisotopic (exact) mass is 362 g/mol. The molecule has 4 rings (SSSR count). The van der Waals surface area contributed by atoms with Gasteiger partial charge in [0.1, 0.15) is 12.1 Å². The molecule has 1 fully saturated rings. The Kier molecular flexibility index (Phi) is 4.87. The Morgan fingerprint density at radius 3 is 2.78 bits per heavy atom. The summed E-state index contributed by atoms with van der Waals surface area (Å²) < 4.78 is 5.36. The standard InChI is InChI=1S/C21H22N4O2/c1-27-18-6-4-5-17(13-18)19-7-2-3-12-25(19)21(26)16-10-8-15(9-11-16)20-22-14-23-24-20/h4-6,8-11,13-14,19H,2-3,7,12H2,1H3,(H,22,23,24). The van der Waals surface area contributed by atoms with E-state index in [4.69, 9.17) is 4.74 Å². The number of nitrogens with zero attached hydrogens (tertiary/aromatic N) is 3. The second-order valence-electron chi connectivity index (χ2n) is 6.70. The molecule has 1 saturated heterocycles. The van der Waals surface area contributed by atoms with Crippen LogP contribution in [0.5, 0.6) is 5.75 Å². The molecule has 138 valence electrons. The van der Waals surface area contributed by atoms with Crippen molar-refractivity contribution in [3.8, 4) is 17.1 Å². The van der Waals surface area contributed by atoms with Gasteiger partial charge in [-0.3, -0.25) is 9.89 Å². The highest BCUT2D eigenvalue weighted by Gasteiger charge is 2.29. The Morgan fingerprint density at radius 2 is 2.04 bits per heavy atom. The summed E-state index contributed by atoms with van der Waals surface area (Å²) in [5, 5.41) is 6.70. The lowest BCUT2D eigenvalue weighted by molar-refractivity contribution is 0.0611. The van der Waals surface area contributed by atoms with E-state index in [-0.39, 0.29) is 11.9 Å². The number of H-pyrrole nitrogens is 1. The van der Waals surface area contributed by atoms with Gasteiger partial charge in [0, 0.05) is 17.7 Å². The summed E-state index contributed by atoms with van der Waals surface area (Å²) in [5.74, 6) is 1.58. The number of carbonyl (C=O) groups is 1. The van der Waals surface area contributed by atoms with Crippen LogP contribution >= 0.6 is 0 Å². The average Bonchev–Trinajstić information content (AvgIpc) is 3.28. The molecule has 2 aromatic carbocycles. The van der Waals surface area contributed by atoms with Crippen LogP contribution < -0.4 is 4.74 Å². The highest BCUT2D eigenvalue weighted by Crippen LogP contribution is 2.33. The van der Waals surface area contributed by atoms with Crippen LogP contribution in [0.2, 0.25) is 0 Å². The Hall–Kier alpha value is -3.15. The molecule has 0 aliphatic carbocycles. The minimum Gasteiger partial charge on any atom is -0.497 e. The molecule has 3 aromatic rings. The van der Waals surface area contributed by atoms with Crippen molar-refractivity contribution in [3.05, 3.63) is 66.0 Å². The lowest BCUT2D eigenvalue weighted by Gasteiger charge is -2.36. The van der Waals surface area contributed by atoms with Gasteiger partial charge in [-0.05, 0) is 49.1 Å². The van der Waals surface area contributed by atoms with E-state index in [9.17, 15) is 4.79 Å². The van der Waals surface area contributed by atoms with Crippen LogP contribution in [0.25, 0.3) is 11.4 Å². The fraction of sp³-hybridized carbons (Fsp3) is 0.286. The van der Waals surface area contributed by atoms with Gasteiger partial charge < -0.3 is 9.64 Å². The van der Waals surface area contributed by atoms with Crippen LogP contribution in [0.4, 0.5) is 0 Å². The number of benzene rings is 2. The summed E-state index contributed by atoms with van der Waals surface area (Å²) in [6.07, 6.45) is 4.59. The molecule has 1 aliphatic heterocycles. The first-order valence-corrected chi connectivity index (χ1v) is 9.17. The number of rotatable bonds is 4. The van der Waals surface area contributed by atoms with Gasteiger partial charge in [0.15, 0.2) is 5.82 Å². The Bertz CT molecular complexity index is 906. The van der Waals surface area contributed by atoms with Crippen LogP contribution in [-0.4, -0.2) is 39.6 Å².